The SMILES string of the molecule is CCOC(=O)C(Cc1ccc(OCCCC2c3ncccc3-c3cccnc32)cc1)OC. The number of benzene rings is 1. The monoisotopic (exact) mass is 432 g/mol. The van der Waals surface area contributed by atoms with Crippen molar-refractivity contribution in [1.29, 1.82) is 0 Å². The molecule has 0 N–H and O–H groups in total. The number of rotatable bonds is 10. The van der Waals surface area contributed by atoms with E-state index in [9.17, 15) is 4.79 Å². The van der Waals surface area contributed by atoms with Crippen LogP contribution in [0, 0.1) is 0 Å². The second-order valence-electron chi connectivity index (χ2n) is 7.74. The molecule has 0 radical (unpaired) electrons. The molecule has 1 aromatic carbocycles. The average molecular weight is 433 g/mol. The number of hydrogen-bond donors (Lipinski definition) is 0. The Morgan fingerprint density at radius 2 is 1.66 bits per heavy atom. The van der Waals surface area contributed by atoms with Crippen molar-refractivity contribution in [2.75, 3.05) is 20.3 Å². The molecule has 2 aromatic heterocycles. The van der Waals surface area contributed by atoms with Crippen molar-refractivity contribution < 1.29 is 19.0 Å². The molecule has 1 unspecified atom stereocenters. The highest BCUT2D eigenvalue weighted by atomic mass is 16.6. The summed E-state index contributed by atoms with van der Waals surface area (Å²) in [6.07, 6.45) is 5.41. The molecule has 0 fully saturated rings. The van der Waals surface area contributed by atoms with E-state index < -0.39 is 6.10 Å². The zero-order chi connectivity index (χ0) is 22.3. The predicted molar refractivity (Wildman–Crippen MR) is 122 cm³/mol. The minimum Gasteiger partial charge on any atom is -0.494 e. The van der Waals surface area contributed by atoms with Crippen molar-refractivity contribution in [2.24, 2.45) is 0 Å². The quantitative estimate of drug-likeness (QED) is 0.345. The zero-order valence-electron chi connectivity index (χ0n) is 18.5. The molecule has 6 nitrogen and oxygen atoms in total. The summed E-state index contributed by atoms with van der Waals surface area (Å²) in [5.74, 6) is 0.680. The molecule has 0 saturated carbocycles. The first-order chi connectivity index (χ1) is 15.7. The number of fused-ring (bicyclic) bond motifs is 3. The van der Waals surface area contributed by atoms with Crippen LogP contribution in [0.4, 0.5) is 0 Å². The number of carbonyl (C=O) groups is 1. The molecule has 0 amide bonds. The Morgan fingerprint density at radius 1 is 1.00 bits per heavy atom. The van der Waals surface area contributed by atoms with Gasteiger partial charge in [-0.15, -0.1) is 0 Å². The van der Waals surface area contributed by atoms with Crippen LogP contribution in [0.2, 0.25) is 0 Å². The molecule has 0 aliphatic heterocycles. The number of aromatic nitrogens is 2. The topological polar surface area (TPSA) is 70.5 Å². The molecule has 2 heterocycles. The number of carbonyl (C=O) groups excluding carboxylic acids is 1. The summed E-state index contributed by atoms with van der Waals surface area (Å²) in [5, 5.41) is 0. The highest BCUT2D eigenvalue weighted by Crippen LogP contribution is 2.44. The molecule has 1 atom stereocenters. The number of hydrogen-bond acceptors (Lipinski definition) is 6. The van der Waals surface area contributed by atoms with Gasteiger partial charge in [0.2, 0.25) is 0 Å². The van der Waals surface area contributed by atoms with Crippen molar-refractivity contribution in [2.45, 2.75) is 38.2 Å². The van der Waals surface area contributed by atoms with Crippen molar-refractivity contribution in [3.63, 3.8) is 0 Å². The smallest absolute Gasteiger partial charge is 0.335 e. The van der Waals surface area contributed by atoms with Gasteiger partial charge in [-0.05, 0) is 49.6 Å². The van der Waals surface area contributed by atoms with E-state index in [1.165, 1.54) is 18.2 Å². The van der Waals surface area contributed by atoms with Gasteiger partial charge < -0.3 is 14.2 Å². The Morgan fingerprint density at radius 3 is 2.25 bits per heavy atom. The summed E-state index contributed by atoms with van der Waals surface area (Å²) >= 11 is 0. The molecule has 6 heteroatoms. The van der Waals surface area contributed by atoms with Crippen molar-refractivity contribution >= 4 is 5.97 Å². The van der Waals surface area contributed by atoms with Crippen LogP contribution in [0.1, 0.15) is 42.6 Å². The first-order valence-electron chi connectivity index (χ1n) is 11.0. The molecule has 166 valence electrons. The molecule has 1 aliphatic carbocycles. The van der Waals surface area contributed by atoms with Gasteiger partial charge >= 0.3 is 5.97 Å². The van der Waals surface area contributed by atoms with E-state index >= 15 is 0 Å². The molecule has 1 aliphatic rings. The second-order valence-corrected chi connectivity index (χ2v) is 7.74. The number of esters is 1. The van der Waals surface area contributed by atoms with Crippen LogP contribution in [-0.2, 0) is 20.7 Å². The fraction of sp³-hybridized carbons (Fsp3) is 0.346. The normalized spacial score (nSPS) is 13.3. The highest BCUT2D eigenvalue weighted by Gasteiger charge is 2.30. The Kier molecular flexibility index (Phi) is 7.12. The number of ether oxygens (including phenoxy) is 3. The third-order valence-electron chi connectivity index (χ3n) is 5.71. The summed E-state index contributed by atoms with van der Waals surface area (Å²) in [6, 6.07) is 16.0. The Labute approximate surface area is 188 Å². The fourth-order valence-corrected chi connectivity index (χ4v) is 4.16. The van der Waals surface area contributed by atoms with E-state index in [1.54, 1.807) is 6.92 Å². The Bertz CT molecular complexity index is 1010. The minimum atomic E-state index is -0.596. The molecule has 0 saturated heterocycles. The third-order valence-corrected chi connectivity index (χ3v) is 5.71. The Hall–Kier alpha value is -3.25. The maximum Gasteiger partial charge on any atom is 0.335 e. The van der Waals surface area contributed by atoms with E-state index in [0.29, 0.717) is 19.6 Å². The van der Waals surface area contributed by atoms with Gasteiger partial charge in [-0.25, -0.2) is 4.79 Å². The summed E-state index contributed by atoms with van der Waals surface area (Å²) in [7, 11) is 1.52. The van der Waals surface area contributed by atoms with Crippen LogP contribution < -0.4 is 4.74 Å². The first-order valence-corrected chi connectivity index (χ1v) is 11.0. The molecule has 32 heavy (non-hydrogen) atoms. The Balaban J connectivity index is 1.30. The molecular formula is C26H28N2O4. The average Bonchev–Trinajstić information content (AvgIpc) is 3.15. The van der Waals surface area contributed by atoms with Crippen LogP contribution in [-0.4, -0.2) is 42.4 Å². The van der Waals surface area contributed by atoms with E-state index in [-0.39, 0.29) is 11.9 Å². The second kappa shape index (κ2) is 10.4. The number of methoxy groups -OCH3 is 1. The maximum absolute atomic E-state index is 11.9. The lowest BCUT2D eigenvalue weighted by Crippen LogP contribution is -2.27. The van der Waals surface area contributed by atoms with Crippen LogP contribution >= 0.6 is 0 Å². The number of pyridine rings is 2. The van der Waals surface area contributed by atoms with Crippen LogP contribution in [0.5, 0.6) is 5.75 Å². The zero-order valence-corrected chi connectivity index (χ0v) is 18.5. The van der Waals surface area contributed by atoms with Crippen LogP contribution in [0.15, 0.2) is 60.9 Å². The van der Waals surface area contributed by atoms with Gasteiger partial charge in [0.15, 0.2) is 6.10 Å². The van der Waals surface area contributed by atoms with Crippen LogP contribution in [0.25, 0.3) is 11.1 Å². The van der Waals surface area contributed by atoms with Gasteiger partial charge in [0.25, 0.3) is 0 Å². The molecular weight excluding hydrogens is 404 g/mol. The molecule has 4 rings (SSSR count). The van der Waals surface area contributed by atoms with Crippen LogP contribution in [0.3, 0.4) is 0 Å². The van der Waals surface area contributed by atoms with E-state index in [1.807, 2.05) is 48.8 Å². The van der Waals surface area contributed by atoms with Gasteiger partial charge in [0.05, 0.1) is 24.6 Å². The molecule has 0 bridgehead atoms. The van der Waals surface area contributed by atoms with Gasteiger partial charge in [-0.1, -0.05) is 24.3 Å². The standard InChI is InChI=1S/C26H28N2O4/c1-3-31-26(29)23(30-2)17-18-10-12-19(13-11-18)32-16-6-9-22-24-20(7-4-14-27-24)21-8-5-15-28-25(21)22/h4-5,7-8,10-15,22-23H,3,6,9,16-17H2,1-2H3. The van der Waals surface area contributed by atoms with Crippen molar-refractivity contribution in [3.8, 4) is 16.9 Å². The molecule has 3 aromatic rings. The van der Waals surface area contributed by atoms with Crippen molar-refractivity contribution in [1.82, 2.24) is 9.97 Å². The highest BCUT2D eigenvalue weighted by molar-refractivity contribution is 5.76. The van der Waals surface area contributed by atoms with E-state index in [0.717, 1.165) is 35.5 Å². The lowest BCUT2D eigenvalue weighted by atomic mass is 9.99. The maximum atomic E-state index is 11.9. The van der Waals surface area contributed by atoms with E-state index in [2.05, 4.69) is 22.1 Å². The summed E-state index contributed by atoms with van der Waals surface area (Å²) in [6.45, 7) is 2.74. The lowest BCUT2D eigenvalue weighted by molar-refractivity contribution is -0.154. The summed E-state index contributed by atoms with van der Waals surface area (Å²) in [5.41, 5.74) is 5.59. The summed E-state index contributed by atoms with van der Waals surface area (Å²) in [4.78, 5) is 21.2. The van der Waals surface area contributed by atoms with E-state index in [4.69, 9.17) is 14.2 Å². The third kappa shape index (κ3) is 4.81. The first kappa shape index (κ1) is 22.0. The summed E-state index contributed by atoms with van der Waals surface area (Å²) < 4.78 is 16.3. The minimum absolute atomic E-state index is 0.210. The predicted octanol–water partition coefficient (Wildman–Crippen LogP) is 4.57. The fourth-order valence-electron chi connectivity index (χ4n) is 4.16. The lowest BCUT2D eigenvalue weighted by Gasteiger charge is -2.14. The van der Waals surface area contributed by atoms with Gasteiger partial charge in [0, 0.05) is 43.0 Å². The largest absolute Gasteiger partial charge is 0.494 e. The van der Waals surface area contributed by atoms with Gasteiger partial charge in [0.1, 0.15) is 5.75 Å². The number of nitrogens with zero attached hydrogens (tertiary/aromatic N) is 2. The van der Waals surface area contributed by atoms with Gasteiger partial charge in [-0.3, -0.25) is 9.97 Å². The molecule has 0 spiro atoms. The van der Waals surface area contributed by atoms with Gasteiger partial charge in [-0.2, -0.15) is 0 Å². The van der Waals surface area contributed by atoms with Crippen molar-refractivity contribution in [3.05, 3.63) is 77.9 Å².